The maximum Gasteiger partial charge on any atom is 0 e. The van der Waals surface area contributed by atoms with Gasteiger partial charge in [-0.3, -0.25) is 0 Å². The van der Waals surface area contributed by atoms with Crippen molar-refractivity contribution in [3.63, 3.8) is 0 Å². The van der Waals surface area contributed by atoms with Crippen LogP contribution in [0.25, 0.3) is 0 Å². The summed E-state index contributed by atoms with van der Waals surface area (Å²) < 4.78 is 0. The molecular weight excluding hydrogens is 514 g/mol. The van der Waals surface area contributed by atoms with Gasteiger partial charge in [-0.1, -0.05) is 127 Å². The molecule has 2 aromatic carbocycles. The molecule has 0 aromatic heterocycles. The van der Waals surface area contributed by atoms with E-state index in [9.17, 15) is 0 Å². The number of benzene rings is 2. The Balaban J connectivity index is -0.0000000452. The fourth-order valence-electron chi connectivity index (χ4n) is 1.07. The largest absolute Gasteiger partial charge is 0.358 e. The van der Waals surface area contributed by atoms with Crippen LogP contribution in [0.2, 0.25) is 0 Å². The van der Waals surface area contributed by atoms with Crippen molar-refractivity contribution in [3.05, 3.63) is 79.2 Å². The Morgan fingerprint density at radius 3 is 0.667 bits per heavy atom. The molecule has 0 amide bonds. The van der Waals surface area contributed by atoms with Crippen molar-refractivity contribution in [1.29, 1.82) is 0 Å². The summed E-state index contributed by atoms with van der Waals surface area (Å²) in [5.41, 5.74) is 2.64. The molecule has 0 heterocycles. The Kier molecular flexibility index (Phi) is 70.1. The van der Waals surface area contributed by atoms with Crippen LogP contribution in [-0.4, -0.2) is 0 Å². The van der Waals surface area contributed by atoms with E-state index in [4.69, 9.17) is 0 Å². The molecule has 0 N–H and O–H groups in total. The standard InChI is InChI=1S/2C7H8.4C2H6.CH3.U/c2*1-7-5-3-2-4-6-7;4*1-2;;/h2*2-6H,1H3;4*1-2H3;1H3;/q;;;;;;-1;. The number of hydrogen-bond donors (Lipinski definition) is 0. The van der Waals surface area contributed by atoms with Crippen molar-refractivity contribution in [2.24, 2.45) is 0 Å². The van der Waals surface area contributed by atoms with Crippen LogP contribution in [0.3, 0.4) is 0 Å². The summed E-state index contributed by atoms with van der Waals surface area (Å²) in [4.78, 5) is 0. The molecule has 0 aliphatic carbocycles. The number of rotatable bonds is 0. The van der Waals surface area contributed by atoms with Crippen LogP contribution in [0.4, 0.5) is 0 Å². The summed E-state index contributed by atoms with van der Waals surface area (Å²) in [6.07, 6.45) is 0. The second kappa shape index (κ2) is 43.3. The zero-order valence-corrected chi connectivity index (χ0v) is 22.4. The Morgan fingerprint density at radius 2 is 0.583 bits per heavy atom. The topological polar surface area (TPSA) is 0 Å². The van der Waals surface area contributed by atoms with Crippen molar-refractivity contribution >= 4 is 0 Å². The predicted octanol–water partition coefficient (Wildman–Crippen LogP) is 8.55. The van der Waals surface area contributed by atoms with E-state index in [1.807, 2.05) is 91.8 Å². The van der Waals surface area contributed by atoms with E-state index in [-0.39, 0.29) is 38.5 Å². The van der Waals surface area contributed by atoms with Crippen molar-refractivity contribution in [2.45, 2.75) is 69.2 Å². The molecule has 24 heavy (non-hydrogen) atoms. The first kappa shape index (κ1) is 38.8. The zero-order valence-electron chi connectivity index (χ0n) is 18.3. The van der Waals surface area contributed by atoms with Crippen molar-refractivity contribution in [3.8, 4) is 0 Å². The van der Waals surface area contributed by atoms with Gasteiger partial charge in [0.25, 0.3) is 0 Å². The summed E-state index contributed by atoms with van der Waals surface area (Å²) in [7, 11) is 0. The van der Waals surface area contributed by atoms with Crippen LogP contribution in [0.15, 0.2) is 60.7 Å². The molecule has 2 rings (SSSR count). The molecule has 140 valence electrons. The SMILES string of the molecule is CC.CC.CC.CC.Cc1ccccc1.Cc1ccccc1.[CH3-].[U]. The second-order valence-electron chi connectivity index (χ2n) is 3.31. The monoisotopic (exact) mass is 557 g/mol. The molecule has 0 saturated heterocycles. The predicted molar refractivity (Wildman–Crippen MR) is 114 cm³/mol. The Morgan fingerprint density at radius 1 is 0.417 bits per heavy atom. The average Bonchev–Trinajstić information content (AvgIpc) is 2.64. The third-order valence-electron chi connectivity index (χ3n) is 1.88. The van der Waals surface area contributed by atoms with Gasteiger partial charge >= 0.3 is 0 Å². The number of hydrogen-bond acceptors (Lipinski definition) is 0. The maximum absolute atomic E-state index is 2.08. The second-order valence-corrected chi connectivity index (χ2v) is 3.31. The van der Waals surface area contributed by atoms with Gasteiger partial charge in [-0.2, -0.15) is 0 Å². The van der Waals surface area contributed by atoms with Crippen LogP contribution >= 0.6 is 0 Å². The molecule has 0 radical (unpaired) electrons. The molecule has 2 aromatic rings. The summed E-state index contributed by atoms with van der Waals surface area (Å²) >= 11 is 0. The molecule has 0 fully saturated rings. The minimum Gasteiger partial charge on any atom is -0.358 e. The third kappa shape index (κ3) is 37.6. The number of aryl methyl sites for hydroxylation is 2. The van der Waals surface area contributed by atoms with Crippen LogP contribution in [-0.2, 0) is 0 Å². The molecule has 0 saturated carbocycles. The molecule has 0 spiro atoms. The Hall–Kier alpha value is -0.508. The summed E-state index contributed by atoms with van der Waals surface area (Å²) in [5.74, 6) is 0. The van der Waals surface area contributed by atoms with Crippen molar-refractivity contribution in [2.75, 3.05) is 0 Å². The van der Waals surface area contributed by atoms with Gasteiger partial charge in [0.15, 0.2) is 0 Å². The van der Waals surface area contributed by atoms with E-state index in [1.54, 1.807) is 0 Å². The van der Waals surface area contributed by atoms with Gasteiger partial charge in [-0.05, 0) is 13.8 Å². The first-order valence-electron chi connectivity index (χ1n) is 8.82. The third-order valence-corrected chi connectivity index (χ3v) is 1.88. The van der Waals surface area contributed by atoms with Gasteiger partial charge in [0.2, 0.25) is 0 Å². The van der Waals surface area contributed by atoms with Crippen LogP contribution in [0.1, 0.15) is 66.5 Å². The van der Waals surface area contributed by atoms with E-state index in [2.05, 4.69) is 38.1 Å². The summed E-state index contributed by atoms with van der Waals surface area (Å²) in [6, 6.07) is 20.5. The first-order valence-corrected chi connectivity index (χ1v) is 8.82. The molecule has 0 bridgehead atoms. The van der Waals surface area contributed by atoms with E-state index in [0.717, 1.165) is 0 Å². The van der Waals surface area contributed by atoms with Gasteiger partial charge in [-0.25, -0.2) is 0 Å². The van der Waals surface area contributed by atoms with Crippen molar-refractivity contribution < 1.29 is 31.1 Å². The van der Waals surface area contributed by atoms with Gasteiger partial charge in [0, 0.05) is 31.1 Å². The van der Waals surface area contributed by atoms with Gasteiger partial charge < -0.3 is 7.43 Å². The van der Waals surface area contributed by atoms with E-state index in [0.29, 0.717) is 0 Å². The average molecular weight is 558 g/mol. The summed E-state index contributed by atoms with van der Waals surface area (Å²) in [5, 5.41) is 0. The Bertz CT molecular complexity index is 303. The fraction of sp³-hybridized carbons (Fsp3) is 0.435. The molecule has 0 aliphatic heterocycles. The molecule has 0 atom stereocenters. The minimum atomic E-state index is 0. The van der Waals surface area contributed by atoms with E-state index in [1.165, 1.54) is 11.1 Å². The molecule has 1 heteroatoms. The Labute approximate surface area is 178 Å². The quantitative estimate of drug-likeness (QED) is 0.285. The van der Waals surface area contributed by atoms with E-state index >= 15 is 0 Å². The first-order chi connectivity index (χ1) is 10.8. The van der Waals surface area contributed by atoms with E-state index < -0.39 is 0 Å². The van der Waals surface area contributed by atoms with Gasteiger partial charge in [-0.15, -0.1) is 0 Å². The minimum absolute atomic E-state index is 0. The fourth-order valence-corrected chi connectivity index (χ4v) is 1.07. The smallest absolute Gasteiger partial charge is 0 e. The summed E-state index contributed by atoms with van der Waals surface area (Å²) in [6.45, 7) is 20.2. The van der Waals surface area contributed by atoms with Gasteiger partial charge in [0.05, 0.1) is 0 Å². The van der Waals surface area contributed by atoms with Crippen LogP contribution in [0, 0.1) is 52.4 Å². The maximum atomic E-state index is 2.08. The van der Waals surface area contributed by atoms with Crippen molar-refractivity contribution in [1.82, 2.24) is 0 Å². The molecular formula is C23H43U-. The molecule has 0 nitrogen and oxygen atoms in total. The molecule has 0 unspecified atom stereocenters. The zero-order chi connectivity index (χ0) is 18.2. The molecule has 0 aliphatic rings. The van der Waals surface area contributed by atoms with Crippen LogP contribution < -0.4 is 0 Å². The van der Waals surface area contributed by atoms with Crippen LogP contribution in [0.5, 0.6) is 0 Å². The normalized spacial score (nSPS) is 6.08. The van der Waals surface area contributed by atoms with Gasteiger partial charge in [0.1, 0.15) is 0 Å².